The lowest BCUT2D eigenvalue weighted by Gasteiger charge is -2.12. The van der Waals surface area contributed by atoms with Gasteiger partial charge in [-0.3, -0.25) is 18.6 Å². The number of para-hydroxylation sites is 1. The van der Waals surface area contributed by atoms with Crippen LogP contribution in [0.5, 0.6) is 0 Å². The number of hydrogen-bond donors (Lipinski definition) is 1. The Morgan fingerprint density at radius 2 is 1.88 bits per heavy atom. The molecule has 2 aromatic carbocycles. The lowest BCUT2D eigenvalue weighted by Crippen LogP contribution is -2.32. The normalized spacial score (nSPS) is 15.9. The Morgan fingerprint density at radius 1 is 1.06 bits per heavy atom. The van der Waals surface area contributed by atoms with Crippen LogP contribution in [0.2, 0.25) is 0 Å². The SMILES string of the molecule is O=C(CCc1nnc2n(CCc3ccccc3)c(=O)c3ccccc3n12)NC[C@@H]1CCCO1. The monoisotopic (exact) mass is 445 g/mol. The number of amides is 1. The van der Waals surface area contributed by atoms with Crippen molar-refractivity contribution >= 4 is 22.6 Å². The summed E-state index contributed by atoms with van der Waals surface area (Å²) in [5.41, 5.74) is 1.83. The zero-order chi connectivity index (χ0) is 22.6. The molecular weight excluding hydrogens is 418 g/mol. The maximum atomic E-state index is 13.3. The molecule has 1 fully saturated rings. The van der Waals surface area contributed by atoms with Crippen LogP contribution in [-0.4, -0.2) is 44.3 Å². The molecule has 1 amide bonds. The Hall–Kier alpha value is -3.52. The maximum Gasteiger partial charge on any atom is 0.262 e. The van der Waals surface area contributed by atoms with Gasteiger partial charge in [0.1, 0.15) is 5.82 Å². The lowest BCUT2D eigenvalue weighted by atomic mass is 10.1. The standard InChI is InChI=1S/C25H27N5O3/c31-23(26-17-19-9-6-16-33-19)13-12-22-27-28-25-29(15-14-18-7-2-1-3-8-18)24(32)20-10-4-5-11-21(20)30(22)25/h1-5,7-8,10-11,19H,6,9,12-17H2,(H,26,31)/t19-/m0/s1. The van der Waals surface area contributed by atoms with E-state index in [0.29, 0.717) is 49.3 Å². The predicted molar refractivity (Wildman–Crippen MR) is 125 cm³/mol. The number of nitrogens with zero attached hydrogens (tertiary/aromatic N) is 4. The van der Waals surface area contributed by atoms with Gasteiger partial charge in [-0.15, -0.1) is 10.2 Å². The predicted octanol–water partition coefficient (Wildman–Crippen LogP) is 2.51. The zero-order valence-corrected chi connectivity index (χ0v) is 18.4. The highest BCUT2D eigenvalue weighted by atomic mass is 16.5. The van der Waals surface area contributed by atoms with Gasteiger partial charge in [0.25, 0.3) is 5.56 Å². The Balaban J connectivity index is 1.41. The zero-order valence-electron chi connectivity index (χ0n) is 18.4. The molecule has 1 aliphatic heterocycles. The van der Waals surface area contributed by atoms with Gasteiger partial charge in [0.05, 0.1) is 17.0 Å². The first-order valence-corrected chi connectivity index (χ1v) is 11.5. The summed E-state index contributed by atoms with van der Waals surface area (Å²) in [7, 11) is 0. The highest BCUT2D eigenvalue weighted by Gasteiger charge is 2.19. The highest BCUT2D eigenvalue weighted by molar-refractivity contribution is 5.80. The van der Waals surface area contributed by atoms with Gasteiger partial charge in [-0.2, -0.15) is 0 Å². The summed E-state index contributed by atoms with van der Waals surface area (Å²) >= 11 is 0. The highest BCUT2D eigenvalue weighted by Crippen LogP contribution is 2.16. The number of carbonyl (C=O) groups is 1. The smallest absolute Gasteiger partial charge is 0.262 e. The van der Waals surface area contributed by atoms with Crippen LogP contribution >= 0.6 is 0 Å². The number of hydrogen-bond acceptors (Lipinski definition) is 5. The van der Waals surface area contributed by atoms with Crippen molar-refractivity contribution in [3.8, 4) is 0 Å². The summed E-state index contributed by atoms with van der Waals surface area (Å²) in [5.74, 6) is 1.13. The molecule has 8 nitrogen and oxygen atoms in total. The molecule has 0 unspecified atom stereocenters. The first-order valence-electron chi connectivity index (χ1n) is 11.5. The largest absolute Gasteiger partial charge is 0.376 e. The Kier molecular flexibility index (Phi) is 6.17. The van der Waals surface area contributed by atoms with E-state index in [4.69, 9.17) is 4.74 Å². The lowest BCUT2D eigenvalue weighted by molar-refractivity contribution is -0.121. The first kappa shape index (κ1) is 21.3. The van der Waals surface area contributed by atoms with Crippen molar-refractivity contribution in [1.29, 1.82) is 0 Å². The molecule has 5 rings (SSSR count). The van der Waals surface area contributed by atoms with E-state index < -0.39 is 0 Å². The number of benzene rings is 2. The Bertz CT molecular complexity index is 1320. The van der Waals surface area contributed by atoms with E-state index in [1.54, 1.807) is 4.57 Å². The summed E-state index contributed by atoms with van der Waals surface area (Å²) < 4.78 is 9.16. The fourth-order valence-corrected chi connectivity index (χ4v) is 4.41. The van der Waals surface area contributed by atoms with Gasteiger partial charge >= 0.3 is 0 Å². The molecule has 1 saturated heterocycles. The number of rotatable bonds is 8. The van der Waals surface area contributed by atoms with Gasteiger partial charge in [0.15, 0.2) is 0 Å². The van der Waals surface area contributed by atoms with Gasteiger partial charge in [-0.1, -0.05) is 42.5 Å². The maximum absolute atomic E-state index is 13.3. The van der Waals surface area contributed by atoms with Gasteiger partial charge in [0, 0.05) is 32.5 Å². The molecule has 3 heterocycles. The van der Waals surface area contributed by atoms with Crippen LogP contribution in [0.15, 0.2) is 59.4 Å². The van der Waals surface area contributed by atoms with Crippen LogP contribution in [0, 0.1) is 0 Å². The van der Waals surface area contributed by atoms with E-state index in [1.165, 1.54) is 0 Å². The summed E-state index contributed by atoms with van der Waals surface area (Å²) in [6, 6.07) is 17.5. The third kappa shape index (κ3) is 4.52. The quantitative estimate of drug-likeness (QED) is 0.450. The molecule has 0 spiro atoms. The van der Waals surface area contributed by atoms with Crippen LogP contribution in [0.4, 0.5) is 0 Å². The molecule has 0 saturated carbocycles. The fourth-order valence-electron chi connectivity index (χ4n) is 4.41. The van der Waals surface area contributed by atoms with Crippen molar-refractivity contribution in [1.82, 2.24) is 24.5 Å². The Morgan fingerprint density at radius 3 is 2.70 bits per heavy atom. The molecule has 1 aliphatic rings. The topological polar surface area (TPSA) is 90.5 Å². The number of aryl methyl sites for hydroxylation is 3. The van der Waals surface area contributed by atoms with Crippen molar-refractivity contribution in [3.63, 3.8) is 0 Å². The second-order valence-corrected chi connectivity index (χ2v) is 8.40. The second kappa shape index (κ2) is 9.54. The molecule has 4 aromatic rings. The minimum Gasteiger partial charge on any atom is -0.376 e. The van der Waals surface area contributed by atoms with Crippen LogP contribution in [0.1, 0.15) is 30.7 Å². The van der Waals surface area contributed by atoms with Crippen molar-refractivity contribution in [2.75, 3.05) is 13.2 Å². The van der Waals surface area contributed by atoms with Crippen molar-refractivity contribution in [3.05, 3.63) is 76.3 Å². The van der Waals surface area contributed by atoms with E-state index >= 15 is 0 Å². The van der Waals surface area contributed by atoms with E-state index in [0.717, 1.165) is 30.5 Å². The van der Waals surface area contributed by atoms with Gasteiger partial charge < -0.3 is 10.1 Å². The molecule has 170 valence electrons. The molecule has 0 aliphatic carbocycles. The van der Waals surface area contributed by atoms with Crippen LogP contribution in [0.25, 0.3) is 16.7 Å². The van der Waals surface area contributed by atoms with Gasteiger partial charge in [-0.25, -0.2) is 0 Å². The first-order chi connectivity index (χ1) is 16.2. The minimum atomic E-state index is -0.0812. The Labute approximate surface area is 191 Å². The molecule has 1 N–H and O–H groups in total. The van der Waals surface area contributed by atoms with E-state index in [9.17, 15) is 9.59 Å². The number of fused-ring (bicyclic) bond motifs is 3. The van der Waals surface area contributed by atoms with E-state index in [2.05, 4.69) is 15.5 Å². The summed E-state index contributed by atoms with van der Waals surface area (Å²) in [6.45, 7) is 1.81. The average molecular weight is 446 g/mol. The summed E-state index contributed by atoms with van der Waals surface area (Å²) in [4.78, 5) is 25.7. The van der Waals surface area contributed by atoms with Crippen LogP contribution < -0.4 is 10.9 Å². The molecule has 8 heteroatoms. The molecule has 33 heavy (non-hydrogen) atoms. The third-order valence-electron chi connectivity index (χ3n) is 6.17. The number of nitrogens with one attached hydrogen (secondary N) is 1. The molecule has 0 bridgehead atoms. The summed E-state index contributed by atoms with van der Waals surface area (Å²) in [6.07, 6.45) is 3.59. The van der Waals surface area contributed by atoms with Gasteiger partial charge in [-0.05, 0) is 37.0 Å². The van der Waals surface area contributed by atoms with Crippen molar-refractivity contribution in [2.24, 2.45) is 0 Å². The number of ether oxygens (including phenoxy) is 1. The molecule has 2 aromatic heterocycles. The number of aromatic nitrogens is 4. The van der Waals surface area contributed by atoms with E-state index in [-0.39, 0.29) is 17.6 Å². The van der Waals surface area contributed by atoms with Crippen molar-refractivity contribution < 1.29 is 9.53 Å². The summed E-state index contributed by atoms with van der Waals surface area (Å²) in [5, 5.41) is 12.3. The van der Waals surface area contributed by atoms with E-state index in [1.807, 2.05) is 59.0 Å². The molecule has 0 radical (unpaired) electrons. The molecular formula is C25H27N5O3. The minimum absolute atomic E-state index is 0.0380. The van der Waals surface area contributed by atoms with Crippen LogP contribution in [0.3, 0.4) is 0 Å². The fraction of sp³-hybridized carbons (Fsp3) is 0.360. The third-order valence-corrected chi connectivity index (χ3v) is 6.17. The van der Waals surface area contributed by atoms with Gasteiger partial charge in [0.2, 0.25) is 11.7 Å². The molecule has 1 atom stereocenters. The van der Waals surface area contributed by atoms with Crippen molar-refractivity contribution in [2.45, 2.75) is 44.8 Å². The average Bonchev–Trinajstić information content (AvgIpc) is 3.52. The van der Waals surface area contributed by atoms with Crippen LogP contribution in [-0.2, 0) is 28.9 Å². The number of carbonyl (C=O) groups excluding carboxylic acids is 1. The second-order valence-electron chi connectivity index (χ2n) is 8.40.